The molecular weight excluding hydrogens is 428 g/mol. The van der Waals surface area contributed by atoms with Crippen molar-refractivity contribution >= 4 is 21.9 Å². The van der Waals surface area contributed by atoms with Crippen LogP contribution in [-0.4, -0.2) is 51.3 Å². The Balaban J connectivity index is 1.37. The van der Waals surface area contributed by atoms with E-state index in [1.54, 1.807) is 13.0 Å². The summed E-state index contributed by atoms with van der Waals surface area (Å²) in [5.41, 5.74) is 0.921. The molecule has 7 nitrogen and oxygen atoms in total. The second kappa shape index (κ2) is 8.45. The van der Waals surface area contributed by atoms with Gasteiger partial charge in [-0.3, -0.25) is 4.79 Å². The van der Waals surface area contributed by atoms with Crippen molar-refractivity contribution in [2.24, 2.45) is 23.2 Å². The average Bonchev–Trinajstić information content (AvgIpc) is 2.71. The number of sulfonamides is 1. The fourth-order valence-electron chi connectivity index (χ4n) is 6.55. The van der Waals surface area contributed by atoms with Crippen LogP contribution in [-0.2, 0) is 19.6 Å². The number of hydrogen-bond acceptors (Lipinski definition) is 5. The molecule has 1 N–H and O–H groups in total. The lowest BCUT2D eigenvalue weighted by atomic mass is 9.48. The highest BCUT2D eigenvalue weighted by molar-refractivity contribution is 7.89. The lowest BCUT2D eigenvalue weighted by Gasteiger charge is -2.59. The molecule has 1 amide bonds. The average molecular weight is 463 g/mol. The van der Waals surface area contributed by atoms with Crippen LogP contribution >= 0.6 is 0 Å². The van der Waals surface area contributed by atoms with E-state index in [9.17, 15) is 18.0 Å². The van der Waals surface area contributed by atoms with Crippen molar-refractivity contribution in [2.45, 2.75) is 63.3 Å². The minimum atomic E-state index is -3.67. The van der Waals surface area contributed by atoms with Gasteiger partial charge in [-0.05, 0) is 93.2 Å². The minimum Gasteiger partial charge on any atom is -0.452 e. The Hall–Kier alpha value is -1.93. The predicted molar refractivity (Wildman–Crippen MR) is 121 cm³/mol. The van der Waals surface area contributed by atoms with Crippen LogP contribution < -0.4 is 5.32 Å². The summed E-state index contributed by atoms with van der Waals surface area (Å²) in [4.78, 5) is 25.2. The van der Waals surface area contributed by atoms with Crippen LogP contribution in [0.2, 0.25) is 0 Å². The molecule has 0 radical (unpaired) electrons. The summed E-state index contributed by atoms with van der Waals surface area (Å²) in [7, 11) is -0.807. The number of hydrogen-bond donors (Lipinski definition) is 1. The van der Waals surface area contributed by atoms with Gasteiger partial charge in [-0.2, -0.15) is 0 Å². The van der Waals surface area contributed by atoms with E-state index in [0.29, 0.717) is 5.56 Å². The molecule has 176 valence electrons. The van der Waals surface area contributed by atoms with Gasteiger partial charge in [-0.15, -0.1) is 0 Å². The van der Waals surface area contributed by atoms with E-state index in [1.165, 1.54) is 64.8 Å². The van der Waals surface area contributed by atoms with Gasteiger partial charge in [0.05, 0.1) is 10.5 Å². The van der Waals surface area contributed by atoms with E-state index < -0.39 is 16.0 Å². The summed E-state index contributed by atoms with van der Waals surface area (Å²) in [6.45, 7) is 3.42. The maximum atomic E-state index is 12.6. The van der Waals surface area contributed by atoms with Crippen LogP contribution in [0.4, 0.5) is 0 Å². The Bertz CT molecular complexity index is 982. The number of amides is 1. The molecule has 4 saturated carbocycles. The largest absolute Gasteiger partial charge is 0.452 e. The maximum Gasteiger partial charge on any atom is 0.338 e. The Morgan fingerprint density at radius 2 is 1.69 bits per heavy atom. The molecule has 1 aromatic rings. The second-order valence-electron chi connectivity index (χ2n) is 10.4. The number of benzene rings is 1. The van der Waals surface area contributed by atoms with E-state index >= 15 is 0 Å². The number of aryl methyl sites for hydroxylation is 1. The lowest BCUT2D eigenvalue weighted by Crippen LogP contribution is -2.56. The van der Waals surface area contributed by atoms with E-state index in [2.05, 4.69) is 12.2 Å². The van der Waals surface area contributed by atoms with E-state index in [0.717, 1.165) is 22.1 Å². The quantitative estimate of drug-likeness (QED) is 0.629. The topological polar surface area (TPSA) is 92.8 Å². The van der Waals surface area contributed by atoms with Gasteiger partial charge in [-0.25, -0.2) is 17.5 Å². The SMILES string of the molecule is Cc1ccc(S(=O)(=O)N(C)C)cc1C(=O)OCC(=O)NC(C)C12CC3CC(CC(C3)C1)C2. The molecule has 0 saturated heterocycles. The van der Waals surface area contributed by atoms with Gasteiger partial charge in [0.1, 0.15) is 0 Å². The number of carbonyl (C=O) groups excluding carboxylic acids is 2. The number of rotatable bonds is 7. The molecule has 0 aliphatic heterocycles. The Kier molecular flexibility index (Phi) is 6.13. The molecule has 32 heavy (non-hydrogen) atoms. The van der Waals surface area contributed by atoms with Gasteiger partial charge >= 0.3 is 5.97 Å². The summed E-state index contributed by atoms with van der Waals surface area (Å²) in [6, 6.07) is 4.39. The van der Waals surface area contributed by atoms with Crippen LogP contribution in [0.1, 0.15) is 61.4 Å². The highest BCUT2D eigenvalue weighted by Gasteiger charge is 2.53. The highest BCUT2D eigenvalue weighted by atomic mass is 32.2. The molecule has 1 atom stereocenters. The molecule has 8 heteroatoms. The maximum absolute atomic E-state index is 12.6. The molecule has 4 fully saturated rings. The van der Waals surface area contributed by atoms with Crippen molar-refractivity contribution in [1.82, 2.24) is 9.62 Å². The molecule has 4 aliphatic carbocycles. The lowest BCUT2D eigenvalue weighted by molar-refractivity contribution is -0.128. The molecular formula is C24H34N2O5S. The smallest absolute Gasteiger partial charge is 0.338 e. The summed E-state index contributed by atoms with van der Waals surface area (Å²) in [5.74, 6) is 1.39. The van der Waals surface area contributed by atoms with Gasteiger partial charge in [-0.1, -0.05) is 6.07 Å². The monoisotopic (exact) mass is 462 g/mol. The summed E-state index contributed by atoms with van der Waals surface area (Å²) >= 11 is 0. The first-order chi connectivity index (χ1) is 15.0. The van der Waals surface area contributed by atoms with Crippen LogP contribution in [0, 0.1) is 30.1 Å². The van der Waals surface area contributed by atoms with Crippen molar-refractivity contribution in [3.63, 3.8) is 0 Å². The fourth-order valence-corrected chi connectivity index (χ4v) is 7.47. The predicted octanol–water partition coefficient (Wildman–Crippen LogP) is 3.12. The van der Waals surface area contributed by atoms with Crippen molar-refractivity contribution in [3.05, 3.63) is 29.3 Å². The van der Waals surface area contributed by atoms with Crippen LogP contribution in [0.25, 0.3) is 0 Å². The zero-order chi connectivity index (χ0) is 23.3. The van der Waals surface area contributed by atoms with Gasteiger partial charge in [0, 0.05) is 20.1 Å². The van der Waals surface area contributed by atoms with E-state index in [4.69, 9.17) is 4.74 Å². The van der Waals surface area contributed by atoms with Crippen molar-refractivity contribution < 1.29 is 22.7 Å². The molecule has 4 aliphatic rings. The minimum absolute atomic E-state index is 0.0138. The third-order valence-electron chi connectivity index (χ3n) is 7.92. The Morgan fingerprint density at radius 1 is 1.12 bits per heavy atom. The van der Waals surface area contributed by atoms with Crippen molar-refractivity contribution in [2.75, 3.05) is 20.7 Å². The molecule has 4 bridgehead atoms. The number of carbonyl (C=O) groups is 2. The Morgan fingerprint density at radius 3 is 2.22 bits per heavy atom. The van der Waals surface area contributed by atoms with E-state index in [1.807, 2.05) is 0 Å². The zero-order valence-corrected chi connectivity index (χ0v) is 20.2. The number of nitrogens with zero attached hydrogens (tertiary/aromatic N) is 1. The van der Waals surface area contributed by atoms with Crippen LogP contribution in [0.5, 0.6) is 0 Å². The molecule has 5 rings (SSSR count). The normalized spacial score (nSPS) is 29.7. The first-order valence-electron chi connectivity index (χ1n) is 11.5. The first kappa shape index (κ1) is 23.2. The number of nitrogens with one attached hydrogen (secondary N) is 1. The van der Waals surface area contributed by atoms with Crippen molar-refractivity contribution in [3.8, 4) is 0 Å². The summed E-state index contributed by atoms with van der Waals surface area (Å²) < 4.78 is 31.1. The number of ether oxygens (including phenoxy) is 1. The molecule has 0 aromatic heterocycles. The van der Waals surface area contributed by atoms with Gasteiger partial charge in [0.15, 0.2) is 6.61 Å². The first-order valence-corrected chi connectivity index (χ1v) is 12.9. The summed E-state index contributed by atoms with van der Waals surface area (Å²) in [6.07, 6.45) is 7.60. The standard InChI is InChI=1S/C24H34N2O5S/c1-15-5-6-20(32(29,30)26(3)4)10-21(15)23(28)31-14-22(27)25-16(2)24-11-17-7-18(12-24)9-19(8-17)13-24/h5-6,10,16-19H,7-9,11-14H2,1-4H3,(H,25,27). The molecule has 1 aromatic carbocycles. The number of esters is 1. The second-order valence-corrected chi connectivity index (χ2v) is 12.6. The van der Waals surface area contributed by atoms with Gasteiger partial charge in [0.25, 0.3) is 5.91 Å². The van der Waals surface area contributed by atoms with Crippen LogP contribution in [0.15, 0.2) is 23.1 Å². The zero-order valence-electron chi connectivity index (χ0n) is 19.4. The fraction of sp³-hybridized carbons (Fsp3) is 0.667. The third kappa shape index (κ3) is 4.31. The molecule has 0 spiro atoms. The van der Waals surface area contributed by atoms with E-state index in [-0.39, 0.29) is 34.4 Å². The van der Waals surface area contributed by atoms with Crippen molar-refractivity contribution in [1.29, 1.82) is 0 Å². The Labute approximate surface area is 190 Å². The molecule has 1 unspecified atom stereocenters. The third-order valence-corrected chi connectivity index (χ3v) is 9.73. The highest BCUT2D eigenvalue weighted by Crippen LogP contribution is 2.61. The van der Waals surface area contributed by atoms with Crippen LogP contribution in [0.3, 0.4) is 0 Å². The summed E-state index contributed by atoms with van der Waals surface area (Å²) in [5, 5.41) is 3.09. The van der Waals surface area contributed by atoms with Gasteiger partial charge in [0.2, 0.25) is 10.0 Å². The molecule has 0 heterocycles. The van der Waals surface area contributed by atoms with Gasteiger partial charge < -0.3 is 10.1 Å².